The van der Waals surface area contributed by atoms with Gasteiger partial charge in [0.05, 0.1) is 11.4 Å². The number of aryl methyl sites for hydroxylation is 1. The highest BCUT2D eigenvalue weighted by atomic mass is 19.1. The van der Waals surface area contributed by atoms with Gasteiger partial charge in [0, 0.05) is 18.0 Å². The molecule has 1 N–H and O–H groups in total. The fraction of sp³-hybridized carbons (Fsp3) is 0.273. The SMILES string of the molecule is Cc1nn(-c2ccc(F)cc2)c(Oc2ccccc2)c1CCC(=O)NC(C)C. The Balaban J connectivity index is 1.95. The van der Waals surface area contributed by atoms with Gasteiger partial charge in [-0.15, -0.1) is 0 Å². The van der Waals surface area contributed by atoms with Crippen LogP contribution in [0.25, 0.3) is 5.69 Å². The van der Waals surface area contributed by atoms with Crippen LogP contribution >= 0.6 is 0 Å². The molecule has 0 aliphatic heterocycles. The van der Waals surface area contributed by atoms with Crippen molar-refractivity contribution in [2.24, 2.45) is 0 Å². The summed E-state index contributed by atoms with van der Waals surface area (Å²) in [6.45, 7) is 5.74. The highest BCUT2D eigenvalue weighted by molar-refractivity contribution is 5.76. The molecule has 0 aliphatic carbocycles. The second kappa shape index (κ2) is 8.69. The zero-order chi connectivity index (χ0) is 20.1. The molecule has 0 atom stereocenters. The lowest BCUT2D eigenvalue weighted by Gasteiger charge is -2.12. The Morgan fingerprint density at radius 3 is 2.46 bits per heavy atom. The number of aromatic nitrogens is 2. The molecule has 28 heavy (non-hydrogen) atoms. The molecule has 0 fully saturated rings. The Hall–Kier alpha value is -3.15. The molecule has 3 aromatic rings. The first kappa shape index (κ1) is 19.6. The van der Waals surface area contributed by atoms with Crippen molar-refractivity contribution in [3.8, 4) is 17.3 Å². The quantitative estimate of drug-likeness (QED) is 0.652. The average Bonchev–Trinajstić information content (AvgIpc) is 2.96. The maximum Gasteiger partial charge on any atom is 0.226 e. The van der Waals surface area contributed by atoms with Gasteiger partial charge in [0.15, 0.2) is 0 Å². The number of ether oxygens (including phenoxy) is 1. The molecule has 6 heteroatoms. The molecule has 0 saturated carbocycles. The van der Waals surface area contributed by atoms with Crippen molar-refractivity contribution in [1.82, 2.24) is 15.1 Å². The Morgan fingerprint density at radius 2 is 1.82 bits per heavy atom. The van der Waals surface area contributed by atoms with Crippen LogP contribution in [0.1, 0.15) is 31.5 Å². The fourth-order valence-electron chi connectivity index (χ4n) is 2.92. The number of carbonyl (C=O) groups is 1. The van der Waals surface area contributed by atoms with Gasteiger partial charge in [-0.1, -0.05) is 18.2 Å². The van der Waals surface area contributed by atoms with Crippen molar-refractivity contribution in [2.75, 3.05) is 0 Å². The van der Waals surface area contributed by atoms with Crippen LogP contribution in [0.2, 0.25) is 0 Å². The first-order chi connectivity index (χ1) is 13.4. The van der Waals surface area contributed by atoms with Crippen LogP contribution in [0.3, 0.4) is 0 Å². The summed E-state index contributed by atoms with van der Waals surface area (Å²) in [4.78, 5) is 12.1. The monoisotopic (exact) mass is 381 g/mol. The first-order valence-corrected chi connectivity index (χ1v) is 9.30. The van der Waals surface area contributed by atoms with Crippen molar-refractivity contribution in [2.45, 2.75) is 39.7 Å². The minimum Gasteiger partial charge on any atom is -0.439 e. The number of carbonyl (C=O) groups excluding carboxylic acids is 1. The minimum atomic E-state index is -0.316. The number of halogens is 1. The number of hydrogen-bond donors (Lipinski definition) is 1. The van der Waals surface area contributed by atoms with E-state index in [1.807, 2.05) is 51.1 Å². The van der Waals surface area contributed by atoms with E-state index >= 15 is 0 Å². The van der Waals surface area contributed by atoms with Crippen LogP contribution in [0.5, 0.6) is 11.6 Å². The molecule has 0 aliphatic rings. The molecule has 1 amide bonds. The zero-order valence-corrected chi connectivity index (χ0v) is 16.3. The summed E-state index contributed by atoms with van der Waals surface area (Å²) >= 11 is 0. The minimum absolute atomic E-state index is 0.0189. The third kappa shape index (κ3) is 4.76. The summed E-state index contributed by atoms with van der Waals surface area (Å²) in [6.07, 6.45) is 0.826. The number of amides is 1. The number of nitrogens with one attached hydrogen (secondary N) is 1. The number of para-hydroxylation sites is 1. The third-order valence-electron chi connectivity index (χ3n) is 4.22. The predicted molar refractivity (Wildman–Crippen MR) is 106 cm³/mol. The Kier molecular flexibility index (Phi) is 6.09. The molecule has 2 aromatic carbocycles. The molecule has 3 rings (SSSR count). The lowest BCUT2D eigenvalue weighted by molar-refractivity contribution is -0.121. The Bertz CT molecular complexity index is 934. The van der Waals surface area contributed by atoms with Gasteiger partial charge in [0.2, 0.25) is 11.8 Å². The maximum absolute atomic E-state index is 13.3. The van der Waals surface area contributed by atoms with Crippen molar-refractivity contribution >= 4 is 5.91 Å². The summed E-state index contributed by atoms with van der Waals surface area (Å²) in [6, 6.07) is 15.5. The van der Waals surface area contributed by atoms with E-state index in [4.69, 9.17) is 4.74 Å². The zero-order valence-electron chi connectivity index (χ0n) is 16.3. The predicted octanol–water partition coefficient (Wildman–Crippen LogP) is 4.57. The van der Waals surface area contributed by atoms with Crippen molar-refractivity contribution in [3.63, 3.8) is 0 Å². The second-order valence-corrected chi connectivity index (χ2v) is 6.89. The molecule has 0 radical (unpaired) electrons. The summed E-state index contributed by atoms with van der Waals surface area (Å²) in [5.74, 6) is 0.865. The average molecular weight is 381 g/mol. The normalized spacial score (nSPS) is 10.9. The van der Waals surface area contributed by atoms with Crippen LogP contribution in [-0.2, 0) is 11.2 Å². The van der Waals surface area contributed by atoms with E-state index in [0.29, 0.717) is 30.2 Å². The largest absolute Gasteiger partial charge is 0.439 e. The van der Waals surface area contributed by atoms with E-state index in [0.717, 1.165) is 11.3 Å². The van der Waals surface area contributed by atoms with E-state index in [1.165, 1.54) is 12.1 Å². The first-order valence-electron chi connectivity index (χ1n) is 9.30. The van der Waals surface area contributed by atoms with Gasteiger partial charge in [0.25, 0.3) is 0 Å². The van der Waals surface area contributed by atoms with E-state index < -0.39 is 0 Å². The van der Waals surface area contributed by atoms with Crippen molar-refractivity contribution < 1.29 is 13.9 Å². The molecule has 0 unspecified atom stereocenters. The van der Waals surface area contributed by atoms with Gasteiger partial charge in [-0.05, 0) is 63.6 Å². The molecule has 146 valence electrons. The van der Waals surface area contributed by atoms with Gasteiger partial charge in [-0.3, -0.25) is 4.79 Å². The molecule has 0 bridgehead atoms. The third-order valence-corrected chi connectivity index (χ3v) is 4.22. The molecule has 0 saturated heterocycles. The Labute approximate surface area is 164 Å². The highest BCUT2D eigenvalue weighted by Gasteiger charge is 2.20. The van der Waals surface area contributed by atoms with Gasteiger partial charge >= 0.3 is 0 Å². The van der Waals surface area contributed by atoms with Crippen LogP contribution in [0.4, 0.5) is 4.39 Å². The lowest BCUT2D eigenvalue weighted by atomic mass is 10.1. The van der Waals surface area contributed by atoms with Crippen LogP contribution in [-0.4, -0.2) is 21.7 Å². The van der Waals surface area contributed by atoms with Gasteiger partial charge < -0.3 is 10.1 Å². The van der Waals surface area contributed by atoms with Crippen LogP contribution in [0, 0.1) is 12.7 Å². The number of nitrogens with zero attached hydrogens (tertiary/aromatic N) is 2. The smallest absolute Gasteiger partial charge is 0.226 e. The van der Waals surface area contributed by atoms with Crippen molar-refractivity contribution in [3.05, 3.63) is 71.7 Å². The molecular formula is C22H24FN3O2. The number of rotatable bonds is 7. The lowest BCUT2D eigenvalue weighted by Crippen LogP contribution is -2.30. The van der Waals surface area contributed by atoms with E-state index in [2.05, 4.69) is 10.4 Å². The van der Waals surface area contributed by atoms with Crippen molar-refractivity contribution in [1.29, 1.82) is 0 Å². The number of hydrogen-bond acceptors (Lipinski definition) is 3. The topological polar surface area (TPSA) is 56.2 Å². The van der Waals surface area contributed by atoms with Crippen LogP contribution in [0.15, 0.2) is 54.6 Å². The summed E-state index contributed by atoms with van der Waals surface area (Å²) < 4.78 is 21.1. The van der Waals surface area contributed by atoms with Gasteiger partial charge in [0.1, 0.15) is 11.6 Å². The molecule has 1 heterocycles. The molecule has 5 nitrogen and oxygen atoms in total. The summed E-state index contributed by atoms with van der Waals surface area (Å²) in [7, 11) is 0. The molecule has 0 spiro atoms. The maximum atomic E-state index is 13.3. The second-order valence-electron chi connectivity index (χ2n) is 6.89. The molecule has 1 aromatic heterocycles. The highest BCUT2D eigenvalue weighted by Crippen LogP contribution is 2.31. The Morgan fingerprint density at radius 1 is 1.14 bits per heavy atom. The van der Waals surface area contributed by atoms with Gasteiger partial charge in [-0.25, -0.2) is 9.07 Å². The van der Waals surface area contributed by atoms with E-state index in [1.54, 1.807) is 16.8 Å². The summed E-state index contributed by atoms with van der Waals surface area (Å²) in [5.41, 5.74) is 2.31. The van der Waals surface area contributed by atoms with E-state index in [-0.39, 0.29) is 17.8 Å². The standard InChI is InChI=1S/C22H24FN3O2/c1-15(2)24-21(27)14-13-20-16(3)25-26(18-11-9-17(23)10-12-18)22(20)28-19-7-5-4-6-8-19/h4-12,15H,13-14H2,1-3H3,(H,24,27). The number of benzene rings is 2. The summed E-state index contributed by atoms with van der Waals surface area (Å²) in [5, 5.41) is 7.48. The molecular weight excluding hydrogens is 357 g/mol. The van der Waals surface area contributed by atoms with Gasteiger partial charge in [-0.2, -0.15) is 5.10 Å². The van der Waals surface area contributed by atoms with E-state index in [9.17, 15) is 9.18 Å². The fourth-order valence-corrected chi connectivity index (χ4v) is 2.92. The van der Waals surface area contributed by atoms with Crippen LogP contribution < -0.4 is 10.1 Å².